The molecule has 0 saturated heterocycles. The molecule has 2 saturated carbocycles. The number of benzene rings is 2. The van der Waals surface area contributed by atoms with E-state index in [1.54, 1.807) is 36.5 Å². The molecule has 4 atom stereocenters. The largest absolute Gasteiger partial charge is 0.465 e. The first-order chi connectivity index (χ1) is 24.8. The van der Waals surface area contributed by atoms with Crippen molar-refractivity contribution < 1.29 is 19.1 Å². The molecule has 8 heteroatoms. The van der Waals surface area contributed by atoms with E-state index < -0.39 is 34.6 Å². The molecule has 2 bridgehead atoms. The van der Waals surface area contributed by atoms with Crippen molar-refractivity contribution in [3.63, 3.8) is 0 Å². The lowest BCUT2D eigenvalue weighted by Gasteiger charge is -2.42. The molecular formula is C43H40N2O4S2. The number of thiophene rings is 2. The maximum Gasteiger partial charge on any atom is 0.329 e. The van der Waals surface area contributed by atoms with E-state index in [2.05, 4.69) is 62.4 Å². The molecule has 258 valence electrons. The van der Waals surface area contributed by atoms with Crippen LogP contribution in [0.3, 0.4) is 0 Å². The summed E-state index contributed by atoms with van der Waals surface area (Å²) in [5.41, 5.74) is 3.36. The smallest absolute Gasteiger partial charge is 0.329 e. The molecular weight excluding hydrogens is 673 g/mol. The maximum atomic E-state index is 14.6. The van der Waals surface area contributed by atoms with E-state index in [0.717, 1.165) is 96.2 Å². The summed E-state index contributed by atoms with van der Waals surface area (Å²) in [5.74, 6) is -3.45. The zero-order valence-electron chi connectivity index (χ0n) is 29.4. The van der Waals surface area contributed by atoms with Gasteiger partial charge in [-0.05, 0) is 98.9 Å². The number of hydrogen-bond donors (Lipinski definition) is 0. The Morgan fingerprint density at radius 2 is 1.12 bits per heavy atom. The van der Waals surface area contributed by atoms with Crippen LogP contribution in [0.1, 0.15) is 66.8 Å². The zero-order valence-corrected chi connectivity index (χ0v) is 31.0. The van der Waals surface area contributed by atoms with Crippen LogP contribution >= 0.6 is 22.7 Å². The highest BCUT2D eigenvalue weighted by Crippen LogP contribution is 2.76. The van der Waals surface area contributed by atoms with E-state index in [9.17, 15) is 20.1 Å². The second-order valence-electron chi connectivity index (χ2n) is 13.5. The van der Waals surface area contributed by atoms with Crippen molar-refractivity contribution >= 4 is 45.8 Å². The van der Waals surface area contributed by atoms with Gasteiger partial charge in [0.05, 0.1) is 25.4 Å². The average Bonchev–Trinajstić information content (AvgIpc) is 3.90. The second kappa shape index (κ2) is 13.8. The summed E-state index contributed by atoms with van der Waals surface area (Å²) in [6.45, 7) is 7.53. The van der Waals surface area contributed by atoms with Gasteiger partial charge in [-0.2, -0.15) is 10.5 Å². The molecule has 4 aromatic rings. The van der Waals surface area contributed by atoms with Crippen molar-refractivity contribution in [2.45, 2.75) is 59.8 Å². The van der Waals surface area contributed by atoms with Crippen molar-refractivity contribution in [2.75, 3.05) is 13.2 Å². The molecule has 2 heterocycles. The average molecular weight is 713 g/mol. The molecule has 51 heavy (non-hydrogen) atoms. The third-order valence-electron chi connectivity index (χ3n) is 10.9. The first kappa shape index (κ1) is 34.7. The summed E-state index contributed by atoms with van der Waals surface area (Å²) in [5, 5.41) is 22.9. The number of carbonyl (C=O) groups excluding carboxylic acids is 2. The van der Waals surface area contributed by atoms with Gasteiger partial charge >= 0.3 is 11.9 Å². The van der Waals surface area contributed by atoms with Crippen LogP contribution in [-0.2, 0) is 19.1 Å². The first-order valence-electron chi connectivity index (χ1n) is 17.7. The van der Waals surface area contributed by atoms with Crippen LogP contribution in [-0.4, -0.2) is 25.2 Å². The standard InChI is InChI=1S/C43H40N2O4S2/c1-5-48-40(46)42(24-44)38-35(30-20-14-9-15-21-30)39(43(42,25-45)41(47)49-6-2)37(32-23-34(51-27(32)4)29-18-12-8-13-19-29)36(38)31-22-33(50-26(31)3)28-16-10-7-11-17-28/h7-8,10-13,16-19,22-23,38-39H,5-6,9,14-15,20-21H2,1-4H3. The van der Waals surface area contributed by atoms with E-state index in [-0.39, 0.29) is 13.2 Å². The van der Waals surface area contributed by atoms with Crippen LogP contribution in [0.4, 0.5) is 0 Å². The molecule has 7 rings (SSSR count). The SMILES string of the molecule is CCOC(=O)C1(C#N)C2C(c3cc(-c4ccccc4)sc3C)=C(c3cc(-c4ccccc4)sc3C)C(C2=C2CCCCC2)C1(C#N)C(=O)OCC. The third kappa shape index (κ3) is 5.14. The Bertz CT molecular complexity index is 2010. The molecule has 2 aromatic heterocycles. The van der Waals surface area contributed by atoms with E-state index in [0.29, 0.717) is 0 Å². The van der Waals surface area contributed by atoms with Crippen LogP contribution < -0.4 is 0 Å². The van der Waals surface area contributed by atoms with Crippen molar-refractivity contribution in [3.05, 3.63) is 105 Å². The number of carbonyl (C=O) groups is 2. The lowest BCUT2D eigenvalue weighted by Crippen LogP contribution is -2.56. The molecule has 2 aromatic carbocycles. The molecule has 3 aliphatic rings. The monoisotopic (exact) mass is 712 g/mol. The van der Waals surface area contributed by atoms with Crippen LogP contribution in [0.15, 0.2) is 83.9 Å². The number of rotatable bonds is 8. The minimum atomic E-state index is -2.17. The normalized spacial score (nSPS) is 24.0. The summed E-state index contributed by atoms with van der Waals surface area (Å²) in [6.07, 6.45) is 4.58. The van der Waals surface area contributed by atoms with Crippen LogP contribution in [0.5, 0.6) is 0 Å². The van der Waals surface area contributed by atoms with Gasteiger partial charge in [-0.1, -0.05) is 78.2 Å². The summed E-state index contributed by atoms with van der Waals surface area (Å²) in [7, 11) is 0. The zero-order chi connectivity index (χ0) is 35.9. The molecule has 2 fully saturated rings. The molecule has 3 aliphatic carbocycles. The molecule has 0 radical (unpaired) electrons. The second-order valence-corrected chi connectivity index (χ2v) is 16.0. The Balaban J connectivity index is 1.64. The van der Waals surface area contributed by atoms with Gasteiger partial charge < -0.3 is 9.47 Å². The summed E-state index contributed by atoms with van der Waals surface area (Å²) >= 11 is 3.33. The molecule has 0 spiro atoms. The fourth-order valence-electron chi connectivity index (χ4n) is 8.85. The van der Waals surface area contributed by atoms with Crippen LogP contribution in [0.25, 0.3) is 32.0 Å². The molecule has 6 nitrogen and oxygen atoms in total. The minimum absolute atomic E-state index is 0.00149. The Labute approximate surface area is 307 Å². The fraction of sp³-hybridized carbons (Fsp3) is 0.349. The topological polar surface area (TPSA) is 100 Å². The van der Waals surface area contributed by atoms with E-state index in [1.165, 1.54) is 0 Å². The van der Waals surface area contributed by atoms with E-state index >= 15 is 0 Å². The van der Waals surface area contributed by atoms with E-state index in [1.807, 2.05) is 36.4 Å². The van der Waals surface area contributed by atoms with Crippen molar-refractivity contribution in [1.29, 1.82) is 10.5 Å². The van der Waals surface area contributed by atoms with Gasteiger partial charge in [0.2, 0.25) is 0 Å². The number of hydrogen-bond acceptors (Lipinski definition) is 8. The van der Waals surface area contributed by atoms with Gasteiger partial charge in [-0.15, -0.1) is 22.7 Å². The Hall–Kier alpha value is -4.76. The maximum absolute atomic E-state index is 14.6. The Kier molecular flexibility index (Phi) is 9.35. The number of allylic oxidation sites excluding steroid dienone is 4. The van der Waals surface area contributed by atoms with Crippen molar-refractivity contribution in [3.8, 4) is 33.0 Å². The van der Waals surface area contributed by atoms with Gasteiger partial charge in [0.25, 0.3) is 0 Å². The van der Waals surface area contributed by atoms with Gasteiger partial charge in [0.1, 0.15) is 0 Å². The van der Waals surface area contributed by atoms with Crippen LogP contribution in [0.2, 0.25) is 0 Å². The van der Waals surface area contributed by atoms with Gasteiger partial charge in [0.15, 0.2) is 10.8 Å². The summed E-state index contributed by atoms with van der Waals surface area (Å²) in [4.78, 5) is 33.5. The quantitative estimate of drug-likeness (QED) is 0.133. The first-order valence-corrected chi connectivity index (χ1v) is 19.4. The molecule has 0 amide bonds. The van der Waals surface area contributed by atoms with Gasteiger partial charge in [-0.3, -0.25) is 9.59 Å². The number of ether oxygens (including phenoxy) is 2. The van der Waals surface area contributed by atoms with Crippen molar-refractivity contribution in [2.24, 2.45) is 22.7 Å². The van der Waals surface area contributed by atoms with Gasteiger partial charge in [-0.25, -0.2) is 0 Å². The predicted octanol–water partition coefficient (Wildman–Crippen LogP) is 10.3. The number of esters is 2. The number of aryl methyl sites for hydroxylation is 2. The molecule has 0 aliphatic heterocycles. The lowest BCUT2D eigenvalue weighted by molar-refractivity contribution is -0.171. The van der Waals surface area contributed by atoms with Gasteiger partial charge in [0, 0.05) is 31.3 Å². The summed E-state index contributed by atoms with van der Waals surface area (Å²) in [6, 6.07) is 29.4. The lowest BCUT2D eigenvalue weighted by atomic mass is 9.54. The van der Waals surface area contributed by atoms with E-state index in [4.69, 9.17) is 9.47 Å². The predicted molar refractivity (Wildman–Crippen MR) is 202 cm³/mol. The Morgan fingerprint density at radius 3 is 1.49 bits per heavy atom. The fourth-order valence-corrected chi connectivity index (χ4v) is 10.9. The Morgan fingerprint density at radius 1 is 0.706 bits per heavy atom. The minimum Gasteiger partial charge on any atom is -0.465 e. The third-order valence-corrected chi connectivity index (χ3v) is 13.1. The number of fused-ring (bicyclic) bond motifs is 2. The number of nitrogens with zero attached hydrogens (tertiary/aromatic N) is 2. The molecule has 4 unspecified atom stereocenters. The number of nitriles is 2. The highest BCUT2D eigenvalue weighted by Gasteiger charge is 2.82. The van der Waals surface area contributed by atoms with Crippen molar-refractivity contribution in [1.82, 2.24) is 0 Å². The summed E-state index contributed by atoms with van der Waals surface area (Å²) < 4.78 is 11.5. The highest BCUT2D eigenvalue weighted by molar-refractivity contribution is 7.16. The molecule has 0 N–H and O–H groups in total. The van der Waals surface area contributed by atoms with Crippen LogP contribution in [0, 0.1) is 59.2 Å². The highest BCUT2D eigenvalue weighted by atomic mass is 32.1.